The van der Waals surface area contributed by atoms with E-state index in [4.69, 9.17) is 9.52 Å². The zero-order chi connectivity index (χ0) is 13.4. The number of aliphatic hydroxyl groups excluding tert-OH is 1. The summed E-state index contributed by atoms with van der Waals surface area (Å²) in [5.41, 5.74) is 0. The Bertz CT molecular complexity index is 338. The van der Waals surface area contributed by atoms with Crippen LogP contribution in [0, 0.1) is 5.92 Å². The van der Waals surface area contributed by atoms with Gasteiger partial charge < -0.3 is 20.2 Å². The van der Waals surface area contributed by atoms with Gasteiger partial charge in [-0.25, -0.2) is 0 Å². The summed E-state index contributed by atoms with van der Waals surface area (Å²) >= 11 is 0. The van der Waals surface area contributed by atoms with Crippen LogP contribution in [0.4, 0.5) is 0 Å². The molecule has 0 bridgehead atoms. The molecule has 5 heteroatoms. The van der Waals surface area contributed by atoms with E-state index in [0.717, 1.165) is 18.7 Å². The number of carbonyl (C=O) groups is 1. The van der Waals surface area contributed by atoms with Gasteiger partial charge in [-0.1, -0.05) is 6.92 Å². The third-order valence-electron chi connectivity index (χ3n) is 2.80. The molecule has 1 heterocycles. The average Bonchev–Trinajstić information content (AvgIpc) is 2.86. The van der Waals surface area contributed by atoms with E-state index in [9.17, 15) is 4.79 Å². The Labute approximate surface area is 108 Å². The minimum absolute atomic E-state index is 0.0531. The van der Waals surface area contributed by atoms with Crippen LogP contribution in [-0.2, 0) is 11.3 Å². The van der Waals surface area contributed by atoms with Crippen molar-refractivity contribution in [3.8, 4) is 0 Å². The zero-order valence-corrected chi connectivity index (χ0v) is 11.0. The van der Waals surface area contributed by atoms with Crippen LogP contribution in [0.1, 0.15) is 26.0 Å². The van der Waals surface area contributed by atoms with E-state index in [1.165, 1.54) is 0 Å². The molecule has 0 saturated heterocycles. The minimum Gasteiger partial charge on any atom is -0.467 e. The Hall–Kier alpha value is -1.33. The van der Waals surface area contributed by atoms with Gasteiger partial charge in [0.25, 0.3) is 0 Å². The van der Waals surface area contributed by atoms with Gasteiger partial charge in [-0.3, -0.25) is 4.79 Å². The van der Waals surface area contributed by atoms with Crippen molar-refractivity contribution in [1.82, 2.24) is 10.6 Å². The summed E-state index contributed by atoms with van der Waals surface area (Å²) in [7, 11) is 0. The van der Waals surface area contributed by atoms with Gasteiger partial charge in [0.2, 0.25) is 5.91 Å². The van der Waals surface area contributed by atoms with Crippen LogP contribution in [0.25, 0.3) is 0 Å². The maximum Gasteiger partial charge on any atom is 0.237 e. The lowest BCUT2D eigenvalue weighted by Gasteiger charge is -2.16. The highest BCUT2D eigenvalue weighted by molar-refractivity contribution is 5.81. The molecule has 0 aliphatic heterocycles. The van der Waals surface area contributed by atoms with Crippen LogP contribution in [0.3, 0.4) is 0 Å². The highest BCUT2D eigenvalue weighted by Crippen LogP contribution is 2.00. The molecule has 3 N–H and O–H groups in total. The number of carbonyl (C=O) groups excluding carboxylic acids is 1. The summed E-state index contributed by atoms with van der Waals surface area (Å²) in [6, 6.07) is 3.36. The summed E-state index contributed by atoms with van der Waals surface area (Å²) in [4.78, 5) is 11.7. The molecule has 1 aromatic rings. The van der Waals surface area contributed by atoms with E-state index >= 15 is 0 Å². The molecule has 0 aliphatic rings. The minimum atomic E-state index is -0.249. The van der Waals surface area contributed by atoms with Crippen molar-refractivity contribution in [3.63, 3.8) is 0 Å². The third kappa shape index (κ3) is 5.33. The van der Waals surface area contributed by atoms with E-state index in [1.54, 1.807) is 12.3 Å². The lowest BCUT2D eigenvalue weighted by Crippen LogP contribution is -2.43. The second kappa shape index (κ2) is 7.89. The van der Waals surface area contributed by atoms with Gasteiger partial charge in [-0.05, 0) is 37.9 Å². The Kier molecular flexibility index (Phi) is 6.46. The molecule has 0 saturated carbocycles. The van der Waals surface area contributed by atoms with Gasteiger partial charge in [0.1, 0.15) is 5.76 Å². The summed E-state index contributed by atoms with van der Waals surface area (Å²) in [5, 5.41) is 14.7. The van der Waals surface area contributed by atoms with Crippen molar-refractivity contribution in [3.05, 3.63) is 24.2 Å². The number of nitrogens with one attached hydrogen (secondary N) is 2. The molecular formula is C13H22N2O3. The lowest BCUT2D eigenvalue weighted by atomic mass is 10.1. The van der Waals surface area contributed by atoms with Crippen LogP contribution in [0.5, 0.6) is 0 Å². The summed E-state index contributed by atoms with van der Waals surface area (Å²) < 4.78 is 5.13. The average molecular weight is 254 g/mol. The van der Waals surface area contributed by atoms with Gasteiger partial charge in [0.15, 0.2) is 0 Å². The van der Waals surface area contributed by atoms with Gasteiger partial charge >= 0.3 is 0 Å². The Morgan fingerprint density at radius 1 is 1.50 bits per heavy atom. The molecule has 2 atom stereocenters. The van der Waals surface area contributed by atoms with Crippen molar-refractivity contribution < 1.29 is 14.3 Å². The molecule has 0 radical (unpaired) electrons. The van der Waals surface area contributed by atoms with Crippen molar-refractivity contribution in [1.29, 1.82) is 0 Å². The molecule has 1 aromatic heterocycles. The molecule has 102 valence electrons. The van der Waals surface area contributed by atoms with Gasteiger partial charge in [0, 0.05) is 6.61 Å². The van der Waals surface area contributed by atoms with E-state index in [0.29, 0.717) is 12.5 Å². The van der Waals surface area contributed by atoms with Gasteiger partial charge in [-0.2, -0.15) is 0 Å². The maximum absolute atomic E-state index is 11.7. The summed E-state index contributed by atoms with van der Waals surface area (Å²) in [6.07, 6.45) is 2.33. The van der Waals surface area contributed by atoms with Crippen LogP contribution < -0.4 is 10.6 Å². The SMILES string of the molecule is CC(CCO)CNC(C)C(=O)NCc1ccco1. The van der Waals surface area contributed by atoms with E-state index in [-0.39, 0.29) is 18.6 Å². The normalized spacial score (nSPS) is 14.2. The second-order valence-corrected chi connectivity index (χ2v) is 4.54. The molecule has 0 fully saturated rings. The Balaban J connectivity index is 2.20. The quantitative estimate of drug-likeness (QED) is 0.644. The summed E-state index contributed by atoms with van der Waals surface area (Å²) in [6.45, 7) is 5.17. The largest absolute Gasteiger partial charge is 0.467 e. The third-order valence-corrected chi connectivity index (χ3v) is 2.80. The zero-order valence-electron chi connectivity index (χ0n) is 11.0. The standard InChI is InChI=1S/C13H22N2O3/c1-10(5-6-16)8-14-11(2)13(17)15-9-12-4-3-7-18-12/h3-4,7,10-11,14,16H,5-6,8-9H2,1-2H3,(H,15,17). The fraction of sp³-hybridized carbons (Fsp3) is 0.615. The van der Waals surface area contributed by atoms with Crippen LogP contribution >= 0.6 is 0 Å². The Morgan fingerprint density at radius 3 is 2.89 bits per heavy atom. The number of hydrogen-bond acceptors (Lipinski definition) is 4. The number of amides is 1. The summed E-state index contributed by atoms with van der Waals surface area (Å²) in [5.74, 6) is 1.04. The molecule has 1 rings (SSSR count). The predicted molar refractivity (Wildman–Crippen MR) is 68.9 cm³/mol. The highest BCUT2D eigenvalue weighted by atomic mass is 16.3. The fourth-order valence-corrected chi connectivity index (χ4v) is 1.53. The van der Waals surface area contributed by atoms with Crippen LogP contribution in [-0.4, -0.2) is 30.2 Å². The number of hydrogen-bond donors (Lipinski definition) is 3. The van der Waals surface area contributed by atoms with Crippen molar-refractivity contribution in [2.75, 3.05) is 13.2 Å². The Morgan fingerprint density at radius 2 is 2.28 bits per heavy atom. The fourth-order valence-electron chi connectivity index (χ4n) is 1.53. The maximum atomic E-state index is 11.7. The molecule has 0 aliphatic carbocycles. The molecule has 5 nitrogen and oxygen atoms in total. The molecule has 1 amide bonds. The van der Waals surface area contributed by atoms with Crippen LogP contribution in [0.15, 0.2) is 22.8 Å². The van der Waals surface area contributed by atoms with E-state index < -0.39 is 0 Å². The molecule has 0 aromatic carbocycles. The second-order valence-electron chi connectivity index (χ2n) is 4.54. The number of rotatable bonds is 8. The first kappa shape index (κ1) is 14.7. The monoisotopic (exact) mass is 254 g/mol. The van der Waals surface area contributed by atoms with Gasteiger partial charge in [-0.15, -0.1) is 0 Å². The molecule has 2 unspecified atom stereocenters. The highest BCUT2D eigenvalue weighted by Gasteiger charge is 2.13. The van der Waals surface area contributed by atoms with E-state index in [2.05, 4.69) is 10.6 Å². The smallest absolute Gasteiger partial charge is 0.237 e. The first-order valence-electron chi connectivity index (χ1n) is 6.27. The van der Waals surface area contributed by atoms with Gasteiger partial charge in [0.05, 0.1) is 18.8 Å². The van der Waals surface area contributed by atoms with Crippen molar-refractivity contribution in [2.45, 2.75) is 32.9 Å². The van der Waals surface area contributed by atoms with Crippen molar-refractivity contribution >= 4 is 5.91 Å². The van der Waals surface area contributed by atoms with Crippen molar-refractivity contribution in [2.24, 2.45) is 5.92 Å². The number of furan rings is 1. The molecule has 18 heavy (non-hydrogen) atoms. The molecule has 0 spiro atoms. The lowest BCUT2D eigenvalue weighted by molar-refractivity contribution is -0.123. The first-order valence-corrected chi connectivity index (χ1v) is 6.27. The first-order chi connectivity index (χ1) is 8.63. The van der Waals surface area contributed by atoms with E-state index in [1.807, 2.05) is 19.9 Å². The van der Waals surface area contributed by atoms with Crippen LogP contribution in [0.2, 0.25) is 0 Å². The number of aliphatic hydroxyl groups is 1. The topological polar surface area (TPSA) is 74.5 Å². The molecular weight excluding hydrogens is 232 g/mol. The predicted octanol–water partition coefficient (Wildman–Crippen LogP) is 0.892.